The van der Waals surface area contributed by atoms with E-state index in [1.807, 2.05) is 7.05 Å². The van der Waals surface area contributed by atoms with Crippen LogP contribution in [0, 0.1) is 6.92 Å². The highest BCUT2D eigenvalue weighted by atomic mass is 14.9. The second kappa shape index (κ2) is 3.46. The Morgan fingerprint density at radius 3 is 2.86 bits per heavy atom. The Hall–Kier alpha value is -1.28. The van der Waals surface area contributed by atoms with Crippen LogP contribution >= 0.6 is 0 Å². The number of benzene rings is 1. The van der Waals surface area contributed by atoms with E-state index in [0.717, 1.165) is 6.54 Å². The monoisotopic (exact) mass is 188 g/mol. The van der Waals surface area contributed by atoms with Crippen molar-refractivity contribution < 1.29 is 0 Å². The molecule has 0 aliphatic rings. The van der Waals surface area contributed by atoms with E-state index < -0.39 is 0 Å². The molecule has 0 radical (unpaired) electrons. The van der Waals surface area contributed by atoms with Crippen molar-refractivity contribution in [2.45, 2.75) is 13.5 Å². The van der Waals surface area contributed by atoms with Gasteiger partial charge in [-0.1, -0.05) is 12.1 Å². The smallest absolute Gasteiger partial charge is 0.0483 e. The van der Waals surface area contributed by atoms with Crippen LogP contribution in [0.4, 0.5) is 0 Å². The fourth-order valence-corrected chi connectivity index (χ4v) is 1.95. The van der Waals surface area contributed by atoms with Gasteiger partial charge in [0.2, 0.25) is 0 Å². The minimum absolute atomic E-state index is 0.931. The molecular formula is C12H16N2. The van der Waals surface area contributed by atoms with Crippen LogP contribution in [0.1, 0.15) is 11.1 Å². The molecule has 2 heteroatoms. The number of nitrogens with one attached hydrogen (secondary N) is 1. The lowest BCUT2D eigenvalue weighted by molar-refractivity contribution is 0.818. The van der Waals surface area contributed by atoms with Gasteiger partial charge in [0.1, 0.15) is 0 Å². The first-order valence-electron chi connectivity index (χ1n) is 4.91. The summed E-state index contributed by atoms with van der Waals surface area (Å²) in [5.41, 5.74) is 4.00. The highest BCUT2D eigenvalue weighted by Crippen LogP contribution is 2.20. The standard InChI is InChI=1S/C12H16N2/c1-9-8-14(3)12-6-10(7-13-2)4-5-11(9)12/h4-6,8,13H,7H2,1-3H3. The van der Waals surface area contributed by atoms with E-state index in [0.29, 0.717) is 0 Å². The molecule has 1 aromatic heterocycles. The second-order valence-electron chi connectivity index (χ2n) is 3.80. The Labute approximate surface area is 84.5 Å². The summed E-state index contributed by atoms with van der Waals surface area (Å²) in [5.74, 6) is 0. The van der Waals surface area contributed by atoms with Gasteiger partial charge in [-0.05, 0) is 31.2 Å². The lowest BCUT2D eigenvalue weighted by atomic mass is 10.1. The molecule has 0 amide bonds. The third-order valence-corrected chi connectivity index (χ3v) is 2.64. The highest BCUT2D eigenvalue weighted by molar-refractivity contribution is 5.84. The van der Waals surface area contributed by atoms with Gasteiger partial charge in [-0.15, -0.1) is 0 Å². The first-order valence-corrected chi connectivity index (χ1v) is 4.91. The average molecular weight is 188 g/mol. The molecule has 1 heterocycles. The Kier molecular flexibility index (Phi) is 2.30. The molecular weight excluding hydrogens is 172 g/mol. The summed E-state index contributed by atoms with van der Waals surface area (Å²) in [7, 11) is 4.07. The lowest BCUT2D eigenvalue weighted by Crippen LogP contribution is -2.04. The summed E-state index contributed by atoms with van der Waals surface area (Å²) < 4.78 is 2.18. The van der Waals surface area contributed by atoms with Gasteiger partial charge in [0.15, 0.2) is 0 Å². The van der Waals surface area contributed by atoms with Crippen molar-refractivity contribution in [1.29, 1.82) is 0 Å². The van der Waals surface area contributed by atoms with Crippen molar-refractivity contribution in [3.05, 3.63) is 35.5 Å². The molecule has 0 unspecified atom stereocenters. The summed E-state index contributed by atoms with van der Waals surface area (Å²) in [6.45, 7) is 3.08. The van der Waals surface area contributed by atoms with Gasteiger partial charge >= 0.3 is 0 Å². The number of aromatic nitrogens is 1. The first-order chi connectivity index (χ1) is 6.72. The minimum Gasteiger partial charge on any atom is -0.350 e. The summed E-state index contributed by atoms with van der Waals surface area (Å²) in [6.07, 6.45) is 2.17. The van der Waals surface area contributed by atoms with E-state index in [-0.39, 0.29) is 0 Å². The third-order valence-electron chi connectivity index (χ3n) is 2.64. The third kappa shape index (κ3) is 1.42. The molecule has 0 atom stereocenters. The Morgan fingerprint density at radius 2 is 2.14 bits per heavy atom. The topological polar surface area (TPSA) is 17.0 Å². The van der Waals surface area contributed by atoms with Crippen molar-refractivity contribution in [3.8, 4) is 0 Å². The molecule has 0 saturated carbocycles. The van der Waals surface area contributed by atoms with Crippen LogP contribution in [-0.2, 0) is 13.6 Å². The zero-order valence-electron chi connectivity index (χ0n) is 8.96. The molecule has 0 bridgehead atoms. The van der Waals surface area contributed by atoms with Crippen molar-refractivity contribution in [1.82, 2.24) is 9.88 Å². The van der Waals surface area contributed by atoms with Gasteiger partial charge in [-0.25, -0.2) is 0 Å². The number of rotatable bonds is 2. The van der Waals surface area contributed by atoms with Crippen molar-refractivity contribution >= 4 is 10.9 Å². The summed E-state index contributed by atoms with van der Waals surface area (Å²) in [5, 5.41) is 4.52. The SMILES string of the molecule is CNCc1ccc2c(C)cn(C)c2c1. The van der Waals surface area contributed by atoms with Gasteiger partial charge in [-0.3, -0.25) is 0 Å². The molecule has 2 aromatic rings. The fourth-order valence-electron chi connectivity index (χ4n) is 1.95. The van der Waals surface area contributed by atoms with Crippen LogP contribution in [-0.4, -0.2) is 11.6 Å². The molecule has 1 N–H and O–H groups in total. The van der Waals surface area contributed by atoms with Crippen LogP contribution in [0.5, 0.6) is 0 Å². The minimum atomic E-state index is 0.931. The van der Waals surface area contributed by atoms with E-state index >= 15 is 0 Å². The first kappa shape index (κ1) is 9.28. The maximum atomic E-state index is 3.17. The quantitative estimate of drug-likeness (QED) is 0.764. The van der Waals surface area contributed by atoms with Gasteiger partial charge in [-0.2, -0.15) is 0 Å². The van der Waals surface area contributed by atoms with E-state index in [9.17, 15) is 0 Å². The predicted molar refractivity (Wildman–Crippen MR) is 60.4 cm³/mol. The average Bonchev–Trinajstić information content (AvgIpc) is 2.43. The predicted octanol–water partition coefficient (Wildman–Crippen LogP) is 2.21. The van der Waals surface area contributed by atoms with Gasteiger partial charge in [0, 0.05) is 30.7 Å². The Morgan fingerprint density at radius 1 is 1.36 bits per heavy atom. The van der Waals surface area contributed by atoms with Crippen LogP contribution < -0.4 is 5.32 Å². The number of hydrogen-bond acceptors (Lipinski definition) is 1. The molecule has 0 fully saturated rings. The normalized spacial score (nSPS) is 11.1. The maximum absolute atomic E-state index is 3.17. The summed E-state index contributed by atoms with van der Waals surface area (Å²) >= 11 is 0. The van der Waals surface area contributed by atoms with Gasteiger partial charge in [0.25, 0.3) is 0 Å². The van der Waals surface area contributed by atoms with Crippen LogP contribution in [0.3, 0.4) is 0 Å². The lowest BCUT2D eigenvalue weighted by Gasteiger charge is -2.02. The van der Waals surface area contributed by atoms with Crippen LogP contribution in [0.15, 0.2) is 24.4 Å². The fraction of sp³-hybridized carbons (Fsp3) is 0.333. The van der Waals surface area contributed by atoms with Crippen molar-refractivity contribution in [2.24, 2.45) is 7.05 Å². The maximum Gasteiger partial charge on any atom is 0.0483 e. The molecule has 0 aliphatic heterocycles. The second-order valence-corrected chi connectivity index (χ2v) is 3.80. The van der Waals surface area contributed by atoms with Gasteiger partial charge in [0.05, 0.1) is 0 Å². The Balaban J connectivity index is 2.59. The molecule has 0 aliphatic carbocycles. The van der Waals surface area contributed by atoms with Crippen molar-refractivity contribution in [2.75, 3.05) is 7.05 Å². The summed E-state index contributed by atoms with van der Waals surface area (Å²) in [4.78, 5) is 0. The number of nitrogens with zero attached hydrogens (tertiary/aromatic N) is 1. The van der Waals surface area contributed by atoms with E-state index in [4.69, 9.17) is 0 Å². The number of hydrogen-bond donors (Lipinski definition) is 1. The summed E-state index contributed by atoms with van der Waals surface area (Å²) in [6, 6.07) is 6.64. The van der Waals surface area contributed by atoms with E-state index in [1.165, 1.54) is 22.0 Å². The molecule has 74 valence electrons. The molecule has 0 spiro atoms. The van der Waals surface area contributed by atoms with E-state index in [1.54, 1.807) is 0 Å². The van der Waals surface area contributed by atoms with Crippen molar-refractivity contribution in [3.63, 3.8) is 0 Å². The molecule has 2 nitrogen and oxygen atoms in total. The number of aryl methyl sites for hydroxylation is 2. The van der Waals surface area contributed by atoms with Crippen LogP contribution in [0.2, 0.25) is 0 Å². The molecule has 2 rings (SSSR count). The molecule has 14 heavy (non-hydrogen) atoms. The highest BCUT2D eigenvalue weighted by Gasteiger charge is 2.02. The Bertz CT molecular complexity index is 455. The van der Waals surface area contributed by atoms with E-state index in [2.05, 4.69) is 48.3 Å². The zero-order valence-corrected chi connectivity index (χ0v) is 8.96. The largest absolute Gasteiger partial charge is 0.350 e. The molecule has 0 saturated heterocycles. The van der Waals surface area contributed by atoms with Gasteiger partial charge < -0.3 is 9.88 Å². The molecule has 1 aromatic carbocycles. The zero-order chi connectivity index (χ0) is 10.1. The van der Waals surface area contributed by atoms with Crippen LogP contribution in [0.25, 0.3) is 10.9 Å². The number of fused-ring (bicyclic) bond motifs is 1.